The molecule has 0 radical (unpaired) electrons. The molecule has 1 N–H and O–H groups in total. The van der Waals surface area contributed by atoms with Crippen LogP contribution in [0.1, 0.15) is 13.8 Å². The van der Waals surface area contributed by atoms with E-state index in [9.17, 15) is 26.3 Å². The number of nitrogens with one attached hydrogen (secondary N) is 1. The summed E-state index contributed by atoms with van der Waals surface area (Å²) in [5.74, 6) is -0.390. The molecule has 2 aromatic heterocycles. The highest BCUT2D eigenvalue weighted by molar-refractivity contribution is 7.13. The molecule has 0 aliphatic rings. The lowest BCUT2D eigenvalue weighted by Crippen LogP contribution is -2.47. The Morgan fingerprint density at radius 3 is 2.32 bits per heavy atom. The first-order valence-electron chi connectivity index (χ1n) is 8.93. The van der Waals surface area contributed by atoms with Crippen molar-refractivity contribution in [2.45, 2.75) is 32.3 Å². The number of alkyl halides is 6. The summed E-state index contributed by atoms with van der Waals surface area (Å²) in [7, 11) is 0. The fourth-order valence-electron chi connectivity index (χ4n) is 2.59. The molecule has 1 aromatic carbocycles. The fourth-order valence-corrected chi connectivity index (χ4v) is 3.28. The topological polar surface area (TPSA) is 76.1 Å². The number of aromatic nitrogens is 4. The molecule has 0 fully saturated rings. The van der Waals surface area contributed by atoms with Crippen molar-refractivity contribution in [2.24, 2.45) is 0 Å². The lowest BCUT2D eigenvalue weighted by molar-refractivity contribution is -0.301. The fraction of sp³-hybridized carbons (Fsp3) is 0.412. The monoisotopic (exact) mass is 466 g/mol. The maximum Gasteiger partial charge on any atom is 0.434 e. The second-order valence-corrected chi connectivity index (χ2v) is 7.03. The highest BCUT2D eigenvalue weighted by Gasteiger charge is 2.59. The first kappa shape index (κ1) is 22.8. The normalized spacial score (nSPS) is 12.4. The minimum Gasteiger partial charge on any atom is -0.440 e. The van der Waals surface area contributed by atoms with Gasteiger partial charge in [0.2, 0.25) is 11.9 Å². The largest absolute Gasteiger partial charge is 0.440 e. The molecule has 14 heteroatoms. The van der Waals surface area contributed by atoms with Crippen molar-refractivity contribution in [3.8, 4) is 6.01 Å². The van der Waals surface area contributed by atoms with Crippen LogP contribution >= 0.6 is 11.5 Å². The zero-order valence-electron chi connectivity index (χ0n) is 16.1. The third-order valence-corrected chi connectivity index (χ3v) is 4.84. The van der Waals surface area contributed by atoms with Gasteiger partial charge in [0.15, 0.2) is 0 Å². The summed E-state index contributed by atoms with van der Waals surface area (Å²) >= 11 is 1.22. The Hall–Kier alpha value is -2.90. The zero-order valence-corrected chi connectivity index (χ0v) is 16.9. The van der Waals surface area contributed by atoms with E-state index in [-0.39, 0.29) is 11.9 Å². The van der Waals surface area contributed by atoms with Crippen LogP contribution in [0.2, 0.25) is 0 Å². The van der Waals surface area contributed by atoms with Gasteiger partial charge in [-0.2, -0.15) is 45.7 Å². The van der Waals surface area contributed by atoms with E-state index >= 15 is 0 Å². The Balaban J connectivity index is 1.99. The number of rotatable bonds is 7. The van der Waals surface area contributed by atoms with E-state index in [2.05, 4.69) is 29.4 Å². The number of fused-ring (bicyclic) bond motifs is 1. The number of hydrogen-bond acceptors (Lipinski definition) is 8. The quantitative estimate of drug-likeness (QED) is 0.494. The van der Waals surface area contributed by atoms with Gasteiger partial charge in [0.1, 0.15) is 0 Å². The molecule has 0 bridgehead atoms. The van der Waals surface area contributed by atoms with Gasteiger partial charge in [-0.3, -0.25) is 0 Å². The molecule has 2 heterocycles. The maximum atomic E-state index is 12.9. The number of hydrogen-bond donors (Lipinski definition) is 1. The SMILES string of the molecule is CCN(CC)c1nc(Nc2ccc3cnsc3c2)nc(OC(C(F)(F)F)C(F)(F)F)n1. The molecule has 7 nitrogen and oxygen atoms in total. The molecular formula is C17H16F6N6OS. The van der Waals surface area contributed by atoms with E-state index in [1.807, 2.05) is 0 Å². The molecule has 0 atom stereocenters. The number of halogens is 6. The van der Waals surface area contributed by atoms with Crippen LogP contribution < -0.4 is 15.0 Å². The third-order valence-electron chi connectivity index (χ3n) is 4.08. The zero-order chi connectivity index (χ0) is 22.8. The number of benzene rings is 1. The second-order valence-electron chi connectivity index (χ2n) is 6.20. The second kappa shape index (κ2) is 8.69. The summed E-state index contributed by atoms with van der Waals surface area (Å²) in [6.07, 6.45) is -13.8. The van der Waals surface area contributed by atoms with Crippen molar-refractivity contribution >= 4 is 39.2 Å². The Kier molecular flexibility index (Phi) is 6.38. The van der Waals surface area contributed by atoms with Crippen molar-refractivity contribution in [1.82, 2.24) is 19.3 Å². The van der Waals surface area contributed by atoms with Crippen molar-refractivity contribution in [2.75, 3.05) is 23.3 Å². The van der Waals surface area contributed by atoms with Crippen molar-refractivity contribution < 1.29 is 31.1 Å². The molecule has 0 unspecified atom stereocenters. The lowest BCUT2D eigenvalue weighted by atomic mass is 10.2. The van der Waals surface area contributed by atoms with Gasteiger partial charge < -0.3 is 15.0 Å². The van der Waals surface area contributed by atoms with Gasteiger partial charge in [-0.25, -0.2) is 0 Å². The summed E-state index contributed by atoms with van der Waals surface area (Å²) < 4.78 is 86.5. The van der Waals surface area contributed by atoms with Crippen LogP contribution in [0.3, 0.4) is 0 Å². The predicted molar refractivity (Wildman–Crippen MR) is 103 cm³/mol. The van der Waals surface area contributed by atoms with Crippen LogP contribution in [0.4, 0.5) is 43.9 Å². The van der Waals surface area contributed by atoms with Gasteiger partial charge in [0.05, 0.1) is 4.70 Å². The Morgan fingerprint density at radius 1 is 1.03 bits per heavy atom. The van der Waals surface area contributed by atoms with E-state index in [0.29, 0.717) is 18.8 Å². The van der Waals surface area contributed by atoms with Gasteiger partial charge in [-0.1, -0.05) is 0 Å². The van der Waals surface area contributed by atoms with Gasteiger partial charge in [0, 0.05) is 30.4 Å². The van der Waals surface area contributed by atoms with E-state index < -0.39 is 24.5 Å². The van der Waals surface area contributed by atoms with Crippen LogP contribution in [0.5, 0.6) is 6.01 Å². The minimum atomic E-state index is -5.70. The van der Waals surface area contributed by atoms with Crippen molar-refractivity contribution in [3.05, 3.63) is 24.4 Å². The molecule has 0 aliphatic carbocycles. The molecule has 0 amide bonds. The van der Waals surface area contributed by atoms with E-state index in [1.54, 1.807) is 38.2 Å². The van der Waals surface area contributed by atoms with Crippen LogP contribution in [-0.4, -0.2) is 50.9 Å². The average molecular weight is 466 g/mol. The lowest BCUT2D eigenvalue weighted by Gasteiger charge is -2.24. The third kappa shape index (κ3) is 5.42. The van der Waals surface area contributed by atoms with Gasteiger partial charge in [-0.15, -0.1) is 0 Å². The smallest absolute Gasteiger partial charge is 0.434 e. The predicted octanol–water partition coefficient (Wildman–Crippen LogP) is 4.94. The molecule has 0 saturated heterocycles. The average Bonchev–Trinajstić information content (AvgIpc) is 3.13. The van der Waals surface area contributed by atoms with E-state index in [4.69, 9.17) is 0 Å². The van der Waals surface area contributed by atoms with Crippen LogP contribution in [0.15, 0.2) is 24.4 Å². The highest BCUT2D eigenvalue weighted by atomic mass is 32.1. The van der Waals surface area contributed by atoms with Gasteiger partial charge >= 0.3 is 18.4 Å². The highest BCUT2D eigenvalue weighted by Crippen LogP contribution is 2.36. The standard InChI is InChI=1S/C17H16F6N6OS/c1-3-29(4-2)14-26-13(25-10-6-5-9-8-24-31-11(9)7-10)27-15(28-14)30-12(16(18,19)20)17(21,22)23/h5-8,12H,3-4H2,1-2H3,(H,25,26,27,28). The Bertz CT molecular complexity index is 1020. The summed E-state index contributed by atoms with van der Waals surface area (Å²) in [4.78, 5) is 12.9. The Morgan fingerprint density at radius 2 is 1.71 bits per heavy atom. The minimum absolute atomic E-state index is 0.125. The molecule has 168 valence electrons. The summed E-state index contributed by atoms with van der Waals surface area (Å²) in [6.45, 7) is 4.17. The molecule has 0 saturated carbocycles. The number of nitrogens with zero attached hydrogens (tertiary/aromatic N) is 5. The Labute approximate surface area is 176 Å². The van der Waals surface area contributed by atoms with Gasteiger partial charge in [-0.05, 0) is 43.6 Å². The molecule has 3 rings (SSSR count). The van der Waals surface area contributed by atoms with E-state index in [1.165, 1.54) is 16.4 Å². The number of anilines is 3. The van der Waals surface area contributed by atoms with Crippen LogP contribution in [-0.2, 0) is 0 Å². The van der Waals surface area contributed by atoms with Crippen molar-refractivity contribution in [3.63, 3.8) is 0 Å². The van der Waals surface area contributed by atoms with Crippen LogP contribution in [0, 0.1) is 0 Å². The van der Waals surface area contributed by atoms with Crippen molar-refractivity contribution in [1.29, 1.82) is 0 Å². The maximum absolute atomic E-state index is 12.9. The molecule has 3 aromatic rings. The summed E-state index contributed by atoms with van der Waals surface area (Å²) in [5.41, 5.74) is 0.461. The molecule has 0 spiro atoms. The summed E-state index contributed by atoms with van der Waals surface area (Å²) in [6, 6.07) is 3.99. The molecule has 0 aliphatic heterocycles. The van der Waals surface area contributed by atoms with Crippen LogP contribution in [0.25, 0.3) is 10.1 Å². The molecule has 31 heavy (non-hydrogen) atoms. The summed E-state index contributed by atoms with van der Waals surface area (Å²) in [5, 5.41) is 3.64. The first-order valence-corrected chi connectivity index (χ1v) is 9.71. The van der Waals surface area contributed by atoms with Gasteiger partial charge in [0.25, 0.3) is 6.10 Å². The molecular weight excluding hydrogens is 450 g/mol. The van der Waals surface area contributed by atoms with E-state index in [0.717, 1.165) is 10.1 Å². The first-order chi connectivity index (χ1) is 14.5. The number of ether oxygens (including phenoxy) is 1.